The largest absolute Gasteiger partial charge is 0.477 e. The Morgan fingerprint density at radius 3 is 2.55 bits per heavy atom. The molecular weight excluding hydrogens is 433 g/mol. The summed E-state index contributed by atoms with van der Waals surface area (Å²) in [7, 11) is -1.24. The summed E-state index contributed by atoms with van der Waals surface area (Å²) in [5.41, 5.74) is 0.999. The molecule has 0 radical (unpaired) electrons. The van der Waals surface area contributed by atoms with Gasteiger partial charge in [-0.3, -0.25) is 9.88 Å². The first-order valence-electron chi connectivity index (χ1n) is 10.1. The highest BCUT2D eigenvalue weighted by Gasteiger charge is 2.23. The van der Waals surface area contributed by atoms with Gasteiger partial charge in [0.2, 0.25) is 0 Å². The summed E-state index contributed by atoms with van der Waals surface area (Å²) in [5, 5.41) is 13.4. The van der Waals surface area contributed by atoms with Crippen molar-refractivity contribution in [3.63, 3.8) is 0 Å². The average molecular weight is 460 g/mol. The van der Waals surface area contributed by atoms with Gasteiger partial charge in [0.25, 0.3) is 0 Å². The monoisotopic (exact) mass is 459 g/mol. The third-order valence-corrected chi connectivity index (χ3v) is 7.52. The Labute approximate surface area is 187 Å². The number of thiophene rings is 1. The molecule has 0 fully saturated rings. The van der Waals surface area contributed by atoms with Crippen LogP contribution in [0.2, 0.25) is 0 Å². The van der Waals surface area contributed by atoms with Gasteiger partial charge in [-0.15, -0.1) is 11.3 Å². The Kier molecular flexibility index (Phi) is 8.02. The molecule has 3 unspecified atom stereocenters. The molecule has 3 atom stereocenters. The van der Waals surface area contributed by atoms with Gasteiger partial charge >= 0.3 is 11.9 Å². The molecule has 2 N–H and O–H groups in total. The number of hydrogen-bond donors (Lipinski definition) is 2. The number of esters is 1. The van der Waals surface area contributed by atoms with Crippen LogP contribution in [-0.4, -0.2) is 29.2 Å². The van der Waals surface area contributed by atoms with Crippen LogP contribution in [0.1, 0.15) is 42.4 Å². The molecule has 2 aromatic carbocycles. The fourth-order valence-corrected chi connectivity index (χ4v) is 5.36. The lowest BCUT2D eigenvalue weighted by atomic mass is 10.2. The second-order valence-corrected chi connectivity index (χ2v) is 9.83. The first-order valence-corrected chi connectivity index (χ1v) is 12.3. The quantitative estimate of drug-likeness (QED) is 0.294. The number of carbonyl (C=O) groups is 2. The van der Waals surface area contributed by atoms with Gasteiger partial charge in [0, 0.05) is 10.9 Å². The second-order valence-electron chi connectivity index (χ2n) is 7.24. The number of rotatable bonds is 10. The predicted molar refractivity (Wildman–Crippen MR) is 125 cm³/mol. The highest BCUT2D eigenvalue weighted by molar-refractivity contribution is 7.50. The van der Waals surface area contributed by atoms with E-state index in [1.807, 2.05) is 62.4 Å². The highest BCUT2D eigenvalue weighted by Crippen LogP contribution is 2.39. The second kappa shape index (κ2) is 10.7. The molecule has 6 nitrogen and oxygen atoms in total. The lowest BCUT2D eigenvalue weighted by Gasteiger charge is -2.24. The van der Waals surface area contributed by atoms with E-state index in [1.54, 1.807) is 13.0 Å². The Hall–Kier alpha value is -2.47. The van der Waals surface area contributed by atoms with Crippen LogP contribution in [0.3, 0.4) is 0 Å². The molecule has 0 aliphatic carbocycles. The number of ether oxygens (including phenoxy) is 1. The predicted octanol–water partition coefficient (Wildman–Crippen LogP) is 5.81. The van der Waals surface area contributed by atoms with E-state index >= 15 is 0 Å². The van der Waals surface area contributed by atoms with E-state index in [1.165, 1.54) is 11.3 Å². The van der Waals surface area contributed by atoms with Gasteiger partial charge in [-0.25, -0.2) is 4.79 Å². The van der Waals surface area contributed by atoms with Gasteiger partial charge in [-0.2, -0.15) is 0 Å². The van der Waals surface area contributed by atoms with Crippen molar-refractivity contribution in [2.24, 2.45) is 0 Å². The van der Waals surface area contributed by atoms with Crippen molar-refractivity contribution >= 4 is 41.7 Å². The summed E-state index contributed by atoms with van der Waals surface area (Å²) in [4.78, 5) is 24.0. The van der Waals surface area contributed by atoms with Crippen molar-refractivity contribution in [1.29, 1.82) is 0 Å². The number of carboxylic acids is 1. The fourth-order valence-electron chi connectivity index (χ4n) is 2.83. The van der Waals surface area contributed by atoms with Crippen molar-refractivity contribution in [3.05, 3.63) is 65.0 Å². The van der Waals surface area contributed by atoms with Gasteiger partial charge < -0.3 is 14.4 Å². The molecule has 0 saturated carbocycles. The van der Waals surface area contributed by atoms with Crippen LogP contribution in [0.25, 0.3) is 10.1 Å². The minimum Gasteiger partial charge on any atom is -0.477 e. The third kappa shape index (κ3) is 6.50. The Balaban J connectivity index is 1.78. The van der Waals surface area contributed by atoms with E-state index in [0.29, 0.717) is 16.8 Å². The number of para-hydroxylation sites is 1. The van der Waals surface area contributed by atoms with Crippen LogP contribution in [0, 0.1) is 0 Å². The number of carboxylic acid groups (broad SMARTS) is 1. The topological polar surface area (TPSA) is 84.9 Å². The molecule has 0 aliphatic rings. The van der Waals surface area contributed by atoms with Crippen molar-refractivity contribution in [3.8, 4) is 5.75 Å². The summed E-state index contributed by atoms with van der Waals surface area (Å²) < 4.78 is 12.5. The molecule has 3 aromatic rings. The van der Waals surface area contributed by atoms with Crippen LogP contribution in [-0.2, 0) is 15.7 Å². The zero-order valence-electron chi connectivity index (χ0n) is 17.7. The summed E-state index contributed by atoms with van der Waals surface area (Å²) in [6, 6.07) is 16.5. The van der Waals surface area contributed by atoms with Crippen LogP contribution in [0.5, 0.6) is 5.75 Å². The number of hydrogen-bond acceptors (Lipinski definition) is 6. The molecule has 0 saturated heterocycles. The van der Waals surface area contributed by atoms with E-state index in [-0.39, 0.29) is 12.1 Å². The number of nitrogens with one attached hydrogen (secondary N) is 1. The molecule has 0 amide bonds. The van der Waals surface area contributed by atoms with Gasteiger partial charge in [-0.05, 0) is 61.5 Å². The number of benzene rings is 2. The van der Waals surface area contributed by atoms with Crippen molar-refractivity contribution in [2.75, 3.05) is 0 Å². The maximum Gasteiger partial charge on any atom is 0.345 e. The van der Waals surface area contributed by atoms with Crippen LogP contribution in [0.4, 0.5) is 0 Å². The summed E-state index contributed by atoms with van der Waals surface area (Å²) in [6.45, 7) is 5.61. The van der Waals surface area contributed by atoms with Crippen LogP contribution >= 0.6 is 19.6 Å². The van der Waals surface area contributed by atoms with E-state index in [2.05, 4.69) is 5.09 Å². The van der Waals surface area contributed by atoms with E-state index in [9.17, 15) is 14.7 Å². The normalized spacial score (nSPS) is 14.0. The van der Waals surface area contributed by atoms with Crippen LogP contribution < -0.4 is 9.61 Å². The average Bonchev–Trinajstić information content (AvgIpc) is 3.18. The molecule has 1 aromatic heterocycles. The first-order chi connectivity index (χ1) is 14.9. The zero-order chi connectivity index (χ0) is 22.4. The van der Waals surface area contributed by atoms with Gasteiger partial charge in [0.1, 0.15) is 16.7 Å². The van der Waals surface area contributed by atoms with Gasteiger partial charge in [0.05, 0.1) is 6.10 Å². The maximum absolute atomic E-state index is 12.4. The summed E-state index contributed by atoms with van der Waals surface area (Å²) in [6.07, 6.45) is 1.17. The molecule has 3 rings (SSSR count). The van der Waals surface area contributed by atoms with E-state index in [4.69, 9.17) is 9.26 Å². The first kappa shape index (κ1) is 23.2. The summed E-state index contributed by atoms with van der Waals surface area (Å²) >= 11 is 1.26. The minimum absolute atomic E-state index is 0.137. The van der Waals surface area contributed by atoms with Gasteiger partial charge in [-0.1, -0.05) is 31.2 Å². The standard InChI is InChI=1S/C23H26NO5PS/c1-4-15(2)28-23(27)16(3)24-30(29-19-8-6-5-7-9-19)14-17-10-11-20-18(12-17)13-21(31-20)22(25)26/h5-13,15-16,24H,4,14H2,1-3H3,(H,25,26). The number of aromatic carboxylic acids is 1. The molecule has 164 valence electrons. The van der Waals surface area contributed by atoms with Crippen molar-refractivity contribution in [1.82, 2.24) is 5.09 Å². The maximum atomic E-state index is 12.4. The van der Waals surface area contributed by atoms with E-state index in [0.717, 1.165) is 22.1 Å². The highest BCUT2D eigenvalue weighted by atomic mass is 32.1. The molecule has 0 spiro atoms. The number of fused-ring (bicyclic) bond motifs is 1. The molecule has 0 bridgehead atoms. The Morgan fingerprint density at radius 1 is 1.13 bits per heavy atom. The molecule has 1 heterocycles. The lowest BCUT2D eigenvalue weighted by molar-refractivity contribution is -0.149. The zero-order valence-corrected chi connectivity index (χ0v) is 19.4. The van der Waals surface area contributed by atoms with Crippen LogP contribution in [0.15, 0.2) is 54.6 Å². The van der Waals surface area contributed by atoms with E-state index < -0.39 is 20.3 Å². The Morgan fingerprint density at radius 2 is 1.87 bits per heavy atom. The number of carbonyl (C=O) groups excluding carboxylic acids is 1. The van der Waals surface area contributed by atoms with Crippen molar-refractivity contribution in [2.45, 2.75) is 45.5 Å². The lowest BCUT2D eigenvalue weighted by Crippen LogP contribution is -2.35. The van der Waals surface area contributed by atoms with Crippen molar-refractivity contribution < 1.29 is 24.0 Å². The SMILES string of the molecule is CCC(C)OC(=O)C(C)NP(Cc1ccc2sc(C(=O)O)cc2c1)Oc1ccccc1. The molecule has 8 heteroatoms. The Bertz CT molecular complexity index is 1040. The third-order valence-electron chi connectivity index (χ3n) is 4.66. The molecular formula is C23H26NO5PS. The molecule has 31 heavy (non-hydrogen) atoms. The fraction of sp³-hybridized carbons (Fsp3) is 0.304. The van der Waals surface area contributed by atoms with Gasteiger partial charge in [0.15, 0.2) is 8.30 Å². The summed E-state index contributed by atoms with van der Waals surface area (Å²) in [5.74, 6) is -0.515. The smallest absolute Gasteiger partial charge is 0.345 e. The minimum atomic E-state index is -1.24. The molecule has 0 aliphatic heterocycles.